The summed E-state index contributed by atoms with van der Waals surface area (Å²) < 4.78 is 42.4. The predicted octanol–water partition coefficient (Wildman–Crippen LogP) is 6.17. The number of ether oxygens (including phenoxy) is 1. The zero-order chi connectivity index (χ0) is 28.2. The highest BCUT2D eigenvalue weighted by molar-refractivity contribution is 7.84. The van der Waals surface area contributed by atoms with Crippen molar-refractivity contribution in [3.63, 3.8) is 0 Å². The Labute approximate surface area is 227 Å². The molecule has 1 heterocycles. The molecule has 0 fully saturated rings. The van der Waals surface area contributed by atoms with Crippen molar-refractivity contribution in [3.8, 4) is 28.9 Å². The van der Waals surface area contributed by atoms with Crippen molar-refractivity contribution in [2.45, 2.75) is 20.2 Å². The van der Waals surface area contributed by atoms with E-state index in [9.17, 15) is 23.2 Å². The Morgan fingerprint density at radius 1 is 1.00 bits per heavy atom. The molecule has 0 aliphatic heterocycles. The van der Waals surface area contributed by atoms with Crippen LogP contribution in [0.25, 0.3) is 17.1 Å². The number of para-hydroxylation sites is 1. The normalized spacial score (nSPS) is 11.8. The minimum absolute atomic E-state index is 0.122. The SMILES string of the molecule is Cc1cccc(C)c1N/C(S)=C(/C#N)C(=O)Nc1ccc(-c2ncn(-c3ccc(OC(F)(F)F)cc3)n2)cc1. The number of alkyl halides is 3. The van der Waals surface area contributed by atoms with Gasteiger partial charge in [0.1, 0.15) is 23.7 Å². The van der Waals surface area contributed by atoms with Crippen LogP contribution in [0.3, 0.4) is 0 Å². The lowest BCUT2D eigenvalue weighted by atomic mass is 10.1. The van der Waals surface area contributed by atoms with Crippen LogP contribution in [-0.4, -0.2) is 27.0 Å². The lowest BCUT2D eigenvalue weighted by Crippen LogP contribution is -2.17. The van der Waals surface area contributed by atoms with Gasteiger partial charge in [-0.05, 0) is 73.5 Å². The van der Waals surface area contributed by atoms with Crippen molar-refractivity contribution in [1.82, 2.24) is 14.8 Å². The summed E-state index contributed by atoms with van der Waals surface area (Å²) in [6, 6.07) is 19.4. The zero-order valence-electron chi connectivity index (χ0n) is 20.6. The highest BCUT2D eigenvalue weighted by atomic mass is 32.1. The number of hydrogen-bond acceptors (Lipinski definition) is 7. The molecule has 0 unspecified atom stereocenters. The molecule has 4 aromatic rings. The average molecular weight is 551 g/mol. The number of nitrogens with one attached hydrogen (secondary N) is 2. The fraction of sp³-hybridized carbons (Fsp3) is 0.111. The molecule has 0 aliphatic carbocycles. The molecular weight excluding hydrogens is 529 g/mol. The first-order valence-corrected chi connectivity index (χ1v) is 11.8. The van der Waals surface area contributed by atoms with Crippen molar-refractivity contribution in [2.24, 2.45) is 0 Å². The molecule has 198 valence electrons. The molecule has 39 heavy (non-hydrogen) atoms. The van der Waals surface area contributed by atoms with Crippen LogP contribution in [0.15, 0.2) is 83.7 Å². The molecular formula is C27H21F3N6O2S. The highest BCUT2D eigenvalue weighted by Gasteiger charge is 2.31. The predicted molar refractivity (Wildman–Crippen MR) is 143 cm³/mol. The van der Waals surface area contributed by atoms with E-state index in [-0.39, 0.29) is 16.4 Å². The fourth-order valence-corrected chi connectivity index (χ4v) is 3.88. The number of amides is 1. The minimum Gasteiger partial charge on any atom is -0.406 e. The van der Waals surface area contributed by atoms with Gasteiger partial charge in [0.05, 0.1) is 10.7 Å². The number of aromatic nitrogens is 3. The largest absolute Gasteiger partial charge is 0.573 e. The van der Waals surface area contributed by atoms with E-state index < -0.39 is 12.3 Å². The second-order valence-corrected chi connectivity index (χ2v) is 8.76. The molecule has 0 radical (unpaired) electrons. The highest BCUT2D eigenvalue weighted by Crippen LogP contribution is 2.26. The summed E-state index contributed by atoms with van der Waals surface area (Å²) in [7, 11) is 0. The zero-order valence-corrected chi connectivity index (χ0v) is 21.5. The van der Waals surface area contributed by atoms with E-state index in [1.54, 1.807) is 24.3 Å². The van der Waals surface area contributed by atoms with Gasteiger partial charge >= 0.3 is 6.36 Å². The maximum Gasteiger partial charge on any atom is 0.573 e. The molecule has 0 saturated heterocycles. The third kappa shape index (κ3) is 6.77. The number of nitriles is 1. The number of carbonyl (C=O) groups is 1. The second-order valence-electron chi connectivity index (χ2n) is 8.31. The number of anilines is 2. The van der Waals surface area contributed by atoms with Gasteiger partial charge in [0.2, 0.25) is 0 Å². The van der Waals surface area contributed by atoms with E-state index in [1.807, 2.05) is 38.1 Å². The maximum atomic E-state index is 12.8. The molecule has 1 aromatic heterocycles. The third-order valence-electron chi connectivity index (χ3n) is 5.53. The van der Waals surface area contributed by atoms with Crippen LogP contribution in [-0.2, 0) is 4.79 Å². The average Bonchev–Trinajstić information content (AvgIpc) is 3.37. The lowest BCUT2D eigenvalue weighted by Gasteiger charge is -2.14. The monoisotopic (exact) mass is 550 g/mol. The van der Waals surface area contributed by atoms with Crippen molar-refractivity contribution in [1.29, 1.82) is 5.26 Å². The van der Waals surface area contributed by atoms with Crippen LogP contribution in [0.1, 0.15) is 11.1 Å². The number of aryl methyl sites for hydroxylation is 2. The van der Waals surface area contributed by atoms with Crippen LogP contribution in [0.2, 0.25) is 0 Å². The molecule has 0 atom stereocenters. The van der Waals surface area contributed by atoms with Crippen LogP contribution >= 0.6 is 12.6 Å². The number of carbonyl (C=O) groups excluding carboxylic acids is 1. The topological polar surface area (TPSA) is 105 Å². The minimum atomic E-state index is -4.77. The quantitative estimate of drug-likeness (QED) is 0.145. The van der Waals surface area contributed by atoms with E-state index in [0.717, 1.165) is 16.8 Å². The second kappa shape index (κ2) is 11.3. The summed E-state index contributed by atoms with van der Waals surface area (Å²) in [6.07, 6.45) is -3.35. The molecule has 8 nitrogen and oxygen atoms in total. The van der Waals surface area contributed by atoms with E-state index in [4.69, 9.17) is 0 Å². The molecule has 12 heteroatoms. The summed E-state index contributed by atoms with van der Waals surface area (Å²) in [5, 5.41) is 19.8. The summed E-state index contributed by atoms with van der Waals surface area (Å²) >= 11 is 4.35. The van der Waals surface area contributed by atoms with Gasteiger partial charge in [-0.2, -0.15) is 5.26 Å². The Hall–Kier alpha value is -4.76. The van der Waals surface area contributed by atoms with Gasteiger partial charge in [-0.25, -0.2) is 9.67 Å². The smallest absolute Gasteiger partial charge is 0.406 e. The van der Waals surface area contributed by atoms with Crippen LogP contribution in [0.5, 0.6) is 5.75 Å². The van der Waals surface area contributed by atoms with Crippen molar-refractivity contribution in [3.05, 3.63) is 94.8 Å². The van der Waals surface area contributed by atoms with E-state index in [1.165, 1.54) is 35.3 Å². The molecule has 0 bridgehead atoms. The molecule has 0 spiro atoms. The van der Waals surface area contributed by atoms with E-state index >= 15 is 0 Å². The lowest BCUT2D eigenvalue weighted by molar-refractivity contribution is -0.274. The first-order valence-electron chi connectivity index (χ1n) is 11.4. The van der Waals surface area contributed by atoms with Gasteiger partial charge in [-0.15, -0.1) is 30.9 Å². The van der Waals surface area contributed by atoms with E-state index in [2.05, 4.69) is 38.1 Å². The Balaban J connectivity index is 1.44. The molecule has 4 rings (SSSR count). The van der Waals surface area contributed by atoms with Crippen LogP contribution in [0.4, 0.5) is 24.5 Å². The number of halogens is 3. The van der Waals surface area contributed by atoms with Gasteiger partial charge in [0.25, 0.3) is 5.91 Å². The number of hydrogen-bond donors (Lipinski definition) is 3. The summed E-state index contributed by atoms with van der Waals surface area (Å²) in [5.74, 6) is -0.615. The van der Waals surface area contributed by atoms with Crippen LogP contribution < -0.4 is 15.4 Å². The third-order valence-corrected chi connectivity index (χ3v) is 5.86. The van der Waals surface area contributed by atoms with Crippen LogP contribution in [0, 0.1) is 25.2 Å². The molecule has 1 amide bonds. The van der Waals surface area contributed by atoms with Crippen molar-refractivity contribution < 1.29 is 22.7 Å². The van der Waals surface area contributed by atoms with Gasteiger partial charge in [0, 0.05) is 16.9 Å². The van der Waals surface area contributed by atoms with Gasteiger partial charge in [-0.3, -0.25) is 4.79 Å². The van der Waals surface area contributed by atoms with E-state index in [0.29, 0.717) is 22.8 Å². The van der Waals surface area contributed by atoms with Crippen molar-refractivity contribution in [2.75, 3.05) is 10.6 Å². The standard InChI is InChI=1S/C27H21F3N6O2S/c1-16-4-3-5-17(2)23(16)34-26(39)22(14-31)25(37)33-19-8-6-18(7-9-19)24-32-15-36(35-24)20-10-12-21(13-11-20)38-27(28,29)30/h3-13,15,34,39H,1-2H3,(H,33,37)/b26-22+. The number of rotatable bonds is 7. The summed E-state index contributed by atoms with van der Waals surface area (Å²) in [5.41, 5.74) is 4.02. The molecule has 0 aliphatic rings. The molecule has 3 aromatic carbocycles. The van der Waals surface area contributed by atoms with Gasteiger partial charge in [-0.1, -0.05) is 18.2 Å². The van der Waals surface area contributed by atoms with Gasteiger partial charge < -0.3 is 15.4 Å². The maximum absolute atomic E-state index is 12.8. The van der Waals surface area contributed by atoms with Crippen molar-refractivity contribution >= 4 is 29.9 Å². The number of nitrogens with zero attached hydrogens (tertiary/aromatic N) is 4. The fourth-order valence-electron chi connectivity index (χ4n) is 3.62. The molecule has 2 N–H and O–H groups in total. The summed E-state index contributed by atoms with van der Waals surface area (Å²) in [6.45, 7) is 3.82. The van der Waals surface area contributed by atoms with Gasteiger partial charge in [0.15, 0.2) is 5.82 Å². The summed E-state index contributed by atoms with van der Waals surface area (Å²) in [4.78, 5) is 17.0. The molecule has 0 saturated carbocycles. The number of benzene rings is 3. The number of thiol groups is 1. The Morgan fingerprint density at radius 3 is 2.23 bits per heavy atom. The first-order chi connectivity index (χ1) is 18.5. The Bertz CT molecular complexity index is 1550. The first kappa shape index (κ1) is 27.3. The Kier molecular flexibility index (Phi) is 7.92. The Morgan fingerprint density at radius 2 is 1.64 bits per heavy atom.